The van der Waals surface area contributed by atoms with Crippen molar-refractivity contribution < 1.29 is 32.6 Å². The summed E-state index contributed by atoms with van der Waals surface area (Å²) in [5, 5.41) is 9.47. The third-order valence-corrected chi connectivity index (χ3v) is 4.92. The highest BCUT2D eigenvalue weighted by Gasteiger charge is 2.32. The van der Waals surface area contributed by atoms with E-state index in [-0.39, 0.29) is 16.6 Å². The summed E-state index contributed by atoms with van der Waals surface area (Å²) in [5.41, 5.74) is 2.04. The smallest absolute Gasteiger partial charge is 0.416 e. The minimum Gasteiger partial charge on any atom is -0.477 e. The Balaban J connectivity index is 2.21. The molecule has 34 heavy (non-hydrogen) atoms. The minimum absolute atomic E-state index is 0.0278. The van der Waals surface area contributed by atoms with Crippen LogP contribution in [0.25, 0.3) is 16.6 Å². The average Bonchev–Trinajstić information content (AvgIpc) is 2.71. The van der Waals surface area contributed by atoms with Gasteiger partial charge in [-0.1, -0.05) is 6.07 Å². The zero-order chi connectivity index (χ0) is 25.6. The number of anilines is 2. The molecule has 2 aromatic carbocycles. The Labute approximate surface area is 192 Å². The third-order valence-electron chi connectivity index (χ3n) is 4.92. The van der Waals surface area contributed by atoms with Crippen LogP contribution >= 0.6 is 0 Å². The molecule has 11 heteroatoms. The van der Waals surface area contributed by atoms with Gasteiger partial charge in [-0.15, -0.1) is 0 Å². The van der Waals surface area contributed by atoms with Crippen molar-refractivity contribution in [3.8, 4) is 5.69 Å². The predicted octanol–water partition coefficient (Wildman–Crippen LogP) is 4.66. The van der Waals surface area contributed by atoms with Gasteiger partial charge in [0.2, 0.25) is 0 Å². The van der Waals surface area contributed by atoms with Crippen LogP contribution in [0.1, 0.15) is 36.7 Å². The second kappa shape index (κ2) is 8.40. The molecule has 0 aliphatic rings. The van der Waals surface area contributed by atoms with Gasteiger partial charge >= 0.3 is 18.2 Å². The van der Waals surface area contributed by atoms with Gasteiger partial charge in [-0.2, -0.15) is 13.2 Å². The molecule has 3 N–H and O–H groups in total. The van der Waals surface area contributed by atoms with Gasteiger partial charge in [0.15, 0.2) is 0 Å². The molecular formula is C23H22F3N3O5. The molecule has 8 nitrogen and oxygen atoms in total. The Morgan fingerprint density at radius 1 is 1.06 bits per heavy atom. The molecule has 0 atom stereocenters. The number of carboxylic acids is 1. The Morgan fingerprint density at radius 2 is 1.65 bits per heavy atom. The van der Waals surface area contributed by atoms with Crippen molar-refractivity contribution in [1.29, 1.82) is 0 Å². The van der Waals surface area contributed by atoms with Crippen LogP contribution in [0.2, 0.25) is 0 Å². The summed E-state index contributed by atoms with van der Waals surface area (Å²) >= 11 is 0. The summed E-state index contributed by atoms with van der Waals surface area (Å²) in [6.07, 6.45) is -5.34. The highest BCUT2D eigenvalue weighted by atomic mass is 19.4. The first-order valence-corrected chi connectivity index (χ1v) is 9.97. The van der Waals surface area contributed by atoms with E-state index in [0.29, 0.717) is 5.69 Å². The first-order chi connectivity index (χ1) is 15.6. The topological polar surface area (TPSA) is 115 Å². The second-order valence-corrected chi connectivity index (χ2v) is 8.52. The standard InChI is InChI=1S/C23H22F3N3O5/c1-22(2,3)34-21(33)28(4)13-6-8-14(9-7-13)29-16-11-12(23(24,25)26)5-10-15(16)18(27)17(19(29)30)20(31)32/h5-11H,27H2,1-4H3,(H,31,32). The number of aromatic nitrogens is 1. The molecule has 1 aromatic heterocycles. The van der Waals surface area contributed by atoms with Gasteiger partial charge in [-0.05, 0) is 57.2 Å². The lowest BCUT2D eigenvalue weighted by atomic mass is 10.1. The van der Waals surface area contributed by atoms with Crippen molar-refractivity contribution in [2.75, 3.05) is 17.7 Å². The number of hydrogen-bond acceptors (Lipinski definition) is 5. The minimum atomic E-state index is -4.70. The van der Waals surface area contributed by atoms with E-state index < -0.39 is 46.2 Å². The van der Waals surface area contributed by atoms with Crippen molar-refractivity contribution in [2.24, 2.45) is 0 Å². The van der Waals surface area contributed by atoms with Crippen LogP contribution in [0, 0.1) is 0 Å². The number of ether oxygens (including phenoxy) is 1. The van der Waals surface area contributed by atoms with Gasteiger partial charge < -0.3 is 15.6 Å². The molecule has 0 aliphatic carbocycles. The second-order valence-electron chi connectivity index (χ2n) is 8.52. The SMILES string of the molecule is CN(C(=O)OC(C)(C)C)c1ccc(-n2c(=O)c(C(=O)O)c(N)c3ccc(C(F)(F)F)cc32)cc1. The number of alkyl halides is 3. The number of benzene rings is 2. The predicted molar refractivity (Wildman–Crippen MR) is 121 cm³/mol. The third kappa shape index (κ3) is 4.68. The molecule has 3 rings (SSSR count). The van der Waals surface area contributed by atoms with Gasteiger partial charge in [-0.25, -0.2) is 9.59 Å². The van der Waals surface area contributed by atoms with Crippen molar-refractivity contribution >= 4 is 34.3 Å². The van der Waals surface area contributed by atoms with Crippen LogP contribution in [0.3, 0.4) is 0 Å². The maximum absolute atomic E-state index is 13.3. The molecule has 0 bridgehead atoms. The fourth-order valence-corrected chi connectivity index (χ4v) is 3.32. The summed E-state index contributed by atoms with van der Waals surface area (Å²) < 4.78 is 46.1. The van der Waals surface area contributed by atoms with Crippen LogP contribution < -0.4 is 16.2 Å². The van der Waals surface area contributed by atoms with E-state index in [9.17, 15) is 32.7 Å². The lowest BCUT2D eigenvalue weighted by Gasteiger charge is -2.25. The van der Waals surface area contributed by atoms with Gasteiger partial charge in [0.05, 0.1) is 16.8 Å². The number of nitrogens with two attached hydrogens (primary N) is 1. The number of hydrogen-bond donors (Lipinski definition) is 2. The monoisotopic (exact) mass is 477 g/mol. The molecule has 0 spiro atoms. The van der Waals surface area contributed by atoms with Crippen LogP contribution in [-0.4, -0.2) is 34.4 Å². The molecule has 1 heterocycles. The van der Waals surface area contributed by atoms with Crippen LogP contribution in [0.4, 0.5) is 29.3 Å². The number of pyridine rings is 1. The molecular weight excluding hydrogens is 455 g/mol. The number of aromatic carboxylic acids is 1. The Hall–Kier alpha value is -4.02. The maximum Gasteiger partial charge on any atom is 0.416 e. The van der Waals surface area contributed by atoms with Gasteiger partial charge in [0.1, 0.15) is 11.2 Å². The van der Waals surface area contributed by atoms with Crippen LogP contribution in [0.15, 0.2) is 47.3 Å². The summed E-state index contributed by atoms with van der Waals surface area (Å²) in [7, 11) is 1.46. The van der Waals surface area contributed by atoms with E-state index in [1.165, 1.54) is 36.2 Å². The molecule has 3 aromatic rings. The highest BCUT2D eigenvalue weighted by Crippen LogP contribution is 2.34. The lowest BCUT2D eigenvalue weighted by molar-refractivity contribution is -0.137. The van der Waals surface area contributed by atoms with Crippen LogP contribution in [0.5, 0.6) is 0 Å². The number of amides is 1. The molecule has 0 radical (unpaired) electrons. The highest BCUT2D eigenvalue weighted by molar-refractivity contribution is 6.04. The zero-order valence-corrected chi connectivity index (χ0v) is 18.7. The lowest BCUT2D eigenvalue weighted by Crippen LogP contribution is -2.34. The molecule has 0 unspecified atom stereocenters. The van der Waals surface area contributed by atoms with E-state index in [1.807, 2.05) is 0 Å². The first kappa shape index (κ1) is 24.6. The van der Waals surface area contributed by atoms with E-state index in [4.69, 9.17) is 10.5 Å². The molecule has 0 aliphatic heterocycles. The van der Waals surface area contributed by atoms with E-state index in [1.54, 1.807) is 20.8 Å². The normalized spacial score (nSPS) is 12.0. The Morgan fingerprint density at radius 3 is 2.15 bits per heavy atom. The maximum atomic E-state index is 13.3. The molecule has 0 fully saturated rings. The average molecular weight is 477 g/mol. The van der Waals surface area contributed by atoms with Gasteiger partial charge in [0, 0.05) is 23.8 Å². The fraction of sp³-hybridized carbons (Fsp3) is 0.261. The Bertz CT molecular complexity index is 1340. The molecule has 0 saturated carbocycles. The number of carbonyl (C=O) groups is 2. The molecule has 0 saturated heterocycles. The number of halogens is 3. The van der Waals surface area contributed by atoms with Gasteiger partial charge in [-0.3, -0.25) is 14.3 Å². The number of carbonyl (C=O) groups excluding carboxylic acids is 1. The summed E-state index contributed by atoms with van der Waals surface area (Å²) in [4.78, 5) is 38.2. The fourth-order valence-electron chi connectivity index (χ4n) is 3.32. The quantitative estimate of drug-likeness (QED) is 0.567. The largest absolute Gasteiger partial charge is 0.477 e. The van der Waals surface area contributed by atoms with E-state index >= 15 is 0 Å². The number of rotatable bonds is 3. The van der Waals surface area contributed by atoms with Crippen molar-refractivity contribution in [3.05, 3.63) is 63.9 Å². The summed E-state index contributed by atoms with van der Waals surface area (Å²) in [5.74, 6) is -1.61. The summed E-state index contributed by atoms with van der Waals surface area (Å²) in [6, 6.07) is 8.17. The number of nitrogens with zero attached hydrogens (tertiary/aromatic N) is 2. The number of carboxylic acid groups (broad SMARTS) is 1. The number of nitrogen functional groups attached to an aromatic ring is 1. The van der Waals surface area contributed by atoms with Crippen LogP contribution in [-0.2, 0) is 10.9 Å². The Kier molecular flexibility index (Phi) is 6.08. The first-order valence-electron chi connectivity index (χ1n) is 9.97. The van der Waals surface area contributed by atoms with Crippen molar-refractivity contribution in [2.45, 2.75) is 32.5 Å². The van der Waals surface area contributed by atoms with Crippen molar-refractivity contribution in [1.82, 2.24) is 4.57 Å². The van der Waals surface area contributed by atoms with E-state index in [0.717, 1.165) is 22.8 Å². The molecule has 1 amide bonds. The van der Waals surface area contributed by atoms with Gasteiger partial charge in [0.25, 0.3) is 5.56 Å². The zero-order valence-electron chi connectivity index (χ0n) is 18.7. The van der Waals surface area contributed by atoms with Crippen molar-refractivity contribution in [3.63, 3.8) is 0 Å². The number of fused-ring (bicyclic) bond motifs is 1. The summed E-state index contributed by atoms with van der Waals surface area (Å²) in [6.45, 7) is 5.11. The van der Waals surface area contributed by atoms with E-state index in [2.05, 4.69) is 0 Å². The molecule has 180 valence electrons.